The average Bonchev–Trinajstić information content (AvgIpc) is 2.87. The minimum atomic E-state index is -0.203. The van der Waals surface area contributed by atoms with Gasteiger partial charge in [0.05, 0.1) is 11.6 Å². The second-order valence-electron chi connectivity index (χ2n) is 8.59. The zero-order valence-electron chi connectivity index (χ0n) is 19.3. The highest BCUT2D eigenvalue weighted by Crippen LogP contribution is 2.26. The van der Waals surface area contributed by atoms with Crippen LogP contribution in [0.15, 0.2) is 78.9 Å². The van der Waals surface area contributed by atoms with E-state index in [9.17, 15) is 9.59 Å². The summed E-state index contributed by atoms with van der Waals surface area (Å²) in [7, 11) is 1.78. The second-order valence-corrected chi connectivity index (χ2v) is 9.03. The number of fused-ring (bicyclic) bond motifs is 1. The molecule has 0 bridgehead atoms. The fourth-order valence-corrected chi connectivity index (χ4v) is 4.43. The van der Waals surface area contributed by atoms with E-state index in [-0.39, 0.29) is 24.5 Å². The summed E-state index contributed by atoms with van der Waals surface area (Å²) in [6.07, 6.45) is 2.22. The highest BCUT2D eigenvalue weighted by atomic mass is 35.5. The summed E-state index contributed by atoms with van der Waals surface area (Å²) in [4.78, 5) is 30.3. The fraction of sp³-hybridized carbons (Fsp3) is 0.286. The molecule has 1 atom stereocenters. The first-order valence-corrected chi connectivity index (χ1v) is 12.0. The van der Waals surface area contributed by atoms with E-state index in [4.69, 9.17) is 16.3 Å². The maximum atomic E-state index is 13.6. The number of amides is 2. The van der Waals surface area contributed by atoms with Gasteiger partial charge in [0.25, 0.3) is 11.8 Å². The van der Waals surface area contributed by atoms with E-state index in [1.165, 1.54) is 0 Å². The van der Waals surface area contributed by atoms with Crippen LogP contribution >= 0.6 is 11.6 Å². The van der Waals surface area contributed by atoms with Crippen molar-refractivity contribution >= 4 is 23.4 Å². The van der Waals surface area contributed by atoms with Crippen LogP contribution < -0.4 is 4.74 Å². The van der Waals surface area contributed by atoms with Crippen molar-refractivity contribution in [3.05, 3.63) is 101 Å². The van der Waals surface area contributed by atoms with E-state index in [1.807, 2.05) is 53.4 Å². The fourth-order valence-electron chi connectivity index (χ4n) is 4.26. The largest absolute Gasteiger partial charge is 0.491 e. The van der Waals surface area contributed by atoms with Crippen molar-refractivity contribution < 1.29 is 14.3 Å². The molecule has 0 aromatic heterocycles. The molecule has 0 fully saturated rings. The molecule has 1 aliphatic heterocycles. The summed E-state index contributed by atoms with van der Waals surface area (Å²) in [6.45, 7) is 1.44. The molecule has 0 spiro atoms. The van der Waals surface area contributed by atoms with Crippen molar-refractivity contribution in [1.82, 2.24) is 9.80 Å². The Balaban J connectivity index is 1.70. The summed E-state index contributed by atoms with van der Waals surface area (Å²) in [5.74, 6) is 0.352. The number of nitrogens with zero attached hydrogens (tertiary/aromatic N) is 2. The minimum Gasteiger partial charge on any atom is -0.491 e. The third kappa shape index (κ3) is 5.78. The van der Waals surface area contributed by atoms with Crippen molar-refractivity contribution in [3.8, 4) is 5.75 Å². The molecular weight excluding hydrogens is 448 g/mol. The van der Waals surface area contributed by atoms with E-state index in [0.717, 1.165) is 18.4 Å². The van der Waals surface area contributed by atoms with Crippen LogP contribution in [-0.2, 0) is 6.42 Å². The molecule has 1 heterocycles. The van der Waals surface area contributed by atoms with Gasteiger partial charge in [0.2, 0.25) is 0 Å². The lowest BCUT2D eigenvalue weighted by Crippen LogP contribution is -2.46. The van der Waals surface area contributed by atoms with Gasteiger partial charge in [-0.15, -0.1) is 0 Å². The molecule has 0 aliphatic carbocycles. The normalized spacial score (nSPS) is 17.2. The van der Waals surface area contributed by atoms with Crippen LogP contribution in [0, 0.1) is 0 Å². The van der Waals surface area contributed by atoms with Gasteiger partial charge in [0.1, 0.15) is 12.4 Å². The Kier molecular flexibility index (Phi) is 7.86. The third-order valence-electron chi connectivity index (χ3n) is 6.13. The van der Waals surface area contributed by atoms with E-state index >= 15 is 0 Å². The average molecular weight is 477 g/mol. The van der Waals surface area contributed by atoms with Crippen molar-refractivity contribution in [3.63, 3.8) is 0 Å². The Labute approximate surface area is 205 Å². The van der Waals surface area contributed by atoms with E-state index in [1.54, 1.807) is 30.1 Å². The standard InChI is InChI=1S/C28H29ClN2O3/c1-30-16-8-9-17-31(27(32)22-12-6-3-7-13-22)24(18-21-10-4-2-5-11-21)20-34-26-15-14-23(29)19-25(26)28(30)33/h2-7,10-15,19,24H,8-9,16-18,20H2,1H3/t24-/m0/s1. The van der Waals surface area contributed by atoms with Crippen LogP contribution in [0.4, 0.5) is 0 Å². The van der Waals surface area contributed by atoms with E-state index < -0.39 is 0 Å². The van der Waals surface area contributed by atoms with Gasteiger partial charge in [0.15, 0.2) is 0 Å². The van der Waals surface area contributed by atoms with Gasteiger partial charge >= 0.3 is 0 Å². The van der Waals surface area contributed by atoms with E-state index in [0.29, 0.717) is 41.4 Å². The van der Waals surface area contributed by atoms with Crippen LogP contribution in [0.2, 0.25) is 5.02 Å². The summed E-state index contributed by atoms with van der Waals surface area (Å²) >= 11 is 6.20. The lowest BCUT2D eigenvalue weighted by molar-refractivity contribution is 0.0590. The van der Waals surface area contributed by atoms with Gasteiger partial charge in [-0.25, -0.2) is 0 Å². The highest BCUT2D eigenvalue weighted by Gasteiger charge is 2.27. The Hall–Kier alpha value is -3.31. The molecule has 2 amide bonds. The van der Waals surface area contributed by atoms with Crippen LogP contribution in [0.25, 0.3) is 0 Å². The zero-order valence-corrected chi connectivity index (χ0v) is 20.1. The molecule has 34 heavy (non-hydrogen) atoms. The number of carbonyl (C=O) groups is 2. The smallest absolute Gasteiger partial charge is 0.257 e. The van der Waals surface area contributed by atoms with Crippen LogP contribution in [0.1, 0.15) is 39.1 Å². The second kappa shape index (κ2) is 11.2. The van der Waals surface area contributed by atoms with Crippen molar-refractivity contribution in [2.45, 2.75) is 25.3 Å². The minimum absolute atomic E-state index is 0.0112. The molecule has 5 nitrogen and oxygen atoms in total. The lowest BCUT2D eigenvalue weighted by atomic mass is 10.0. The van der Waals surface area contributed by atoms with Gasteiger partial charge in [-0.05, 0) is 55.2 Å². The highest BCUT2D eigenvalue weighted by molar-refractivity contribution is 6.31. The third-order valence-corrected chi connectivity index (χ3v) is 6.36. The Morgan fingerprint density at radius 3 is 2.38 bits per heavy atom. The van der Waals surface area contributed by atoms with Gasteiger partial charge in [-0.2, -0.15) is 0 Å². The predicted octanol–water partition coefficient (Wildman–Crippen LogP) is 5.34. The number of hydrogen-bond donors (Lipinski definition) is 0. The Bertz CT molecular complexity index is 1120. The van der Waals surface area contributed by atoms with E-state index in [2.05, 4.69) is 12.1 Å². The van der Waals surface area contributed by atoms with Gasteiger partial charge < -0.3 is 14.5 Å². The van der Waals surface area contributed by atoms with Gasteiger partial charge in [-0.3, -0.25) is 9.59 Å². The Morgan fingerprint density at radius 1 is 0.971 bits per heavy atom. The SMILES string of the molecule is CN1CCCCN(C(=O)c2ccccc2)[C@@H](Cc2ccccc2)COc2ccc(Cl)cc2C1=O. The number of benzene rings is 3. The summed E-state index contributed by atoms with van der Waals surface area (Å²) in [6, 6.07) is 24.4. The number of rotatable bonds is 3. The van der Waals surface area contributed by atoms with Gasteiger partial charge in [0, 0.05) is 30.7 Å². The van der Waals surface area contributed by atoms with Crippen LogP contribution in [-0.4, -0.2) is 54.4 Å². The lowest BCUT2D eigenvalue weighted by Gasteiger charge is -2.33. The quantitative estimate of drug-likeness (QED) is 0.512. The molecule has 0 saturated heterocycles. The number of carbonyl (C=O) groups excluding carboxylic acids is 2. The molecule has 3 aromatic carbocycles. The first-order chi connectivity index (χ1) is 16.5. The summed E-state index contributed by atoms with van der Waals surface area (Å²) in [5.41, 5.74) is 2.23. The molecule has 3 aromatic rings. The monoisotopic (exact) mass is 476 g/mol. The number of halogens is 1. The predicted molar refractivity (Wildman–Crippen MR) is 135 cm³/mol. The Morgan fingerprint density at radius 2 is 1.65 bits per heavy atom. The topological polar surface area (TPSA) is 49.9 Å². The first kappa shape index (κ1) is 23.8. The molecule has 4 rings (SSSR count). The molecule has 176 valence electrons. The molecule has 0 saturated carbocycles. The van der Waals surface area contributed by atoms with Crippen molar-refractivity contribution in [2.75, 3.05) is 26.7 Å². The summed E-state index contributed by atoms with van der Waals surface area (Å²) < 4.78 is 6.24. The van der Waals surface area contributed by atoms with Crippen molar-refractivity contribution in [1.29, 1.82) is 0 Å². The van der Waals surface area contributed by atoms with Crippen molar-refractivity contribution in [2.24, 2.45) is 0 Å². The number of ether oxygens (including phenoxy) is 1. The van der Waals surface area contributed by atoms with Crippen LogP contribution in [0.3, 0.4) is 0 Å². The first-order valence-electron chi connectivity index (χ1n) is 11.6. The molecule has 0 unspecified atom stereocenters. The van der Waals surface area contributed by atoms with Crippen LogP contribution in [0.5, 0.6) is 5.75 Å². The number of hydrogen-bond acceptors (Lipinski definition) is 3. The molecule has 0 radical (unpaired) electrons. The van der Waals surface area contributed by atoms with Gasteiger partial charge in [-0.1, -0.05) is 60.1 Å². The zero-order chi connectivity index (χ0) is 23.9. The summed E-state index contributed by atoms with van der Waals surface area (Å²) in [5, 5.41) is 0.484. The molecule has 1 aliphatic rings. The molecular formula is C28H29ClN2O3. The molecule has 0 N–H and O–H groups in total. The molecule has 6 heteroatoms. The maximum absolute atomic E-state index is 13.6. The maximum Gasteiger partial charge on any atom is 0.257 e.